The number of carbonyl (C=O) groups excluding carboxylic acids is 1. The van der Waals surface area contributed by atoms with E-state index in [1.54, 1.807) is 6.92 Å². The standard InChI is InChI=1S/C16H24N2O3/c1-5-18(9-13(4)16(20)21)10-14(19)17-15-11(2)7-6-8-12(15)3/h6-8,13H,5,9-10H2,1-4H3,(H,17,19)(H,20,21). The first-order valence-electron chi connectivity index (χ1n) is 7.16. The number of aliphatic carboxylic acids is 1. The van der Waals surface area contributed by atoms with Crippen LogP contribution in [0, 0.1) is 19.8 Å². The lowest BCUT2D eigenvalue weighted by Crippen LogP contribution is -2.37. The largest absolute Gasteiger partial charge is 0.481 e. The fourth-order valence-electron chi connectivity index (χ4n) is 2.16. The highest BCUT2D eigenvalue weighted by Gasteiger charge is 2.17. The Hall–Kier alpha value is -1.88. The predicted molar refractivity (Wildman–Crippen MR) is 83.5 cm³/mol. The molecule has 0 aliphatic carbocycles. The van der Waals surface area contributed by atoms with Gasteiger partial charge in [0.15, 0.2) is 0 Å². The van der Waals surface area contributed by atoms with Crippen LogP contribution < -0.4 is 5.32 Å². The zero-order valence-corrected chi connectivity index (χ0v) is 13.1. The minimum absolute atomic E-state index is 0.119. The Morgan fingerprint density at radius 2 is 1.86 bits per heavy atom. The van der Waals surface area contributed by atoms with Crippen LogP contribution in [0.2, 0.25) is 0 Å². The molecule has 0 aromatic heterocycles. The lowest BCUT2D eigenvalue weighted by atomic mass is 10.1. The van der Waals surface area contributed by atoms with Gasteiger partial charge < -0.3 is 10.4 Å². The van der Waals surface area contributed by atoms with E-state index in [2.05, 4.69) is 5.32 Å². The minimum Gasteiger partial charge on any atom is -0.481 e. The van der Waals surface area contributed by atoms with Crippen LogP contribution in [0.5, 0.6) is 0 Å². The molecule has 0 saturated carbocycles. The number of carboxylic acids is 1. The maximum Gasteiger partial charge on any atom is 0.307 e. The summed E-state index contributed by atoms with van der Waals surface area (Å²) < 4.78 is 0. The number of carbonyl (C=O) groups is 2. The summed E-state index contributed by atoms with van der Waals surface area (Å²) in [5.74, 6) is -1.45. The van der Waals surface area contributed by atoms with Crippen molar-refractivity contribution in [3.8, 4) is 0 Å². The Morgan fingerprint density at radius 1 is 1.29 bits per heavy atom. The van der Waals surface area contributed by atoms with Crippen molar-refractivity contribution < 1.29 is 14.7 Å². The van der Waals surface area contributed by atoms with Gasteiger partial charge in [-0.2, -0.15) is 0 Å². The summed E-state index contributed by atoms with van der Waals surface area (Å²) in [6, 6.07) is 5.85. The lowest BCUT2D eigenvalue weighted by molar-refractivity contribution is -0.142. The van der Waals surface area contributed by atoms with Crippen LogP contribution in [0.1, 0.15) is 25.0 Å². The second-order valence-corrected chi connectivity index (χ2v) is 5.38. The molecule has 0 saturated heterocycles. The summed E-state index contributed by atoms with van der Waals surface area (Å²) in [4.78, 5) is 24.9. The summed E-state index contributed by atoms with van der Waals surface area (Å²) in [6.45, 7) is 8.67. The topological polar surface area (TPSA) is 69.6 Å². The molecule has 1 aromatic rings. The van der Waals surface area contributed by atoms with Gasteiger partial charge in [0.05, 0.1) is 12.5 Å². The van der Waals surface area contributed by atoms with E-state index in [-0.39, 0.29) is 12.5 Å². The van der Waals surface area contributed by atoms with E-state index in [1.807, 2.05) is 43.9 Å². The molecule has 0 spiro atoms. The number of para-hydroxylation sites is 1. The number of carboxylic acid groups (broad SMARTS) is 1. The number of amides is 1. The van der Waals surface area contributed by atoms with Crippen molar-refractivity contribution in [2.75, 3.05) is 25.0 Å². The van der Waals surface area contributed by atoms with Gasteiger partial charge >= 0.3 is 5.97 Å². The number of hydrogen-bond acceptors (Lipinski definition) is 3. The highest BCUT2D eigenvalue weighted by atomic mass is 16.4. The Kier molecular flexibility index (Phi) is 6.37. The quantitative estimate of drug-likeness (QED) is 0.809. The zero-order chi connectivity index (χ0) is 16.0. The fourth-order valence-corrected chi connectivity index (χ4v) is 2.16. The van der Waals surface area contributed by atoms with Gasteiger partial charge in [-0.25, -0.2) is 0 Å². The average Bonchev–Trinajstić information content (AvgIpc) is 2.42. The van der Waals surface area contributed by atoms with Gasteiger partial charge in [-0.05, 0) is 31.5 Å². The number of rotatable bonds is 7. The first-order valence-corrected chi connectivity index (χ1v) is 7.16. The molecular weight excluding hydrogens is 268 g/mol. The van der Waals surface area contributed by atoms with Crippen LogP contribution >= 0.6 is 0 Å². The second-order valence-electron chi connectivity index (χ2n) is 5.38. The second kappa shape index (κ2) is 7.78. The molecule has 1 amide bonds. The maximum absolute atomic E-state index is 12.1. The van der Waals surface area contributed by atoms with E-state index in [9.17, 15) is 9.59 Å². The van der Waals surface area contributed by atoms with Crippen LogP contribution in [0.25, 0.3) is 0 Å². The highest BCUT2D eigenvalue weighted by Crippen LogP contribution is 2.19. The van der Waals surface area contributed by atoms with E-state index in [1.165, 1.54) is 0 Å². The smallest absolute Gasteiger partial charge is 0.307 e. The SMILES string of the molecule is CCN(CC(=O)Nc1c(C)cccc1C)CC(C)C(=O)O. The fraction of sp³-hybridized carbons (Fsp3) is 0.500. The van der Waals surface area contributed by atoms with Crippen molar-refractivity contribution in [1.29, 1.82) is 0 Å². The van der Waals surface area contributed by atoms with Gasteiger partial charge in [-0.15, -0.1) is 0 Å². The molecule has 1 atom stereocenters. The Bertz CT molecular complexity index is 494. The molecule has 0 fully saturated rings. The summed E-state index contributed by atoms with van der Waals surface area (Å²) in [6.07, 6.45) is 0. The van der Waals surface area contributed by atoms with Gasteiger partial charge in [0.25, 0.3) is 0 Å². The number of nitrogens with zero attached hydrogens (tertiary/aromatic N) is 1. The maximum atomic E-state index is 12.1. The summed E-state index contributed by atoms with van der Waals surface area (Å²) in [5.41, 5.74) is 2.88. The highest BCUT2D eigenvalue weighted by molar-refractivity contribution is 5.93. The van der Waals surface area contributed by atoms with Crippen LogP contribution in [0.4, 0.5) is 5.69 Å². The number of anilines is 1. The summed E-state index contributed by atoms with van der Waals surface area (Å²) in [7, 11) is 0. The Balaban J connectivity index is 2.65. The molecule has 1 aromatic carbocycles. The van der Waals surface area contributed by atoms with E-state index >= 15 is 0 Å². The number of likely N-dealkylation sites (N-methyl/N-ethyl adjacent to an activating group) is 1. The molecule has 1 unspecified atom stereocenters. The third kappa shape index (κ3) is 5.19. The van der Waals surface area contributed by atoms with Gasteiger partial charge in [-0.3, -0.25) is 14.5 Å². The van der Waals surface area contributed by atoms with E-state index < -0.39 is 11.9 Å². The van der Waals surface area contributed by atoms with Gasteiger partial charge in [0.1, 0.15) is 0 Å². The Morgan fingerprint density at radius 3 is 2.33 bits per heavy atom. The Labute approximate surface area is 126 Å². The van der Waals surface area contributed by atoms with Crippen molar-refractivity contribution >= 4 is 17.6 Å². The third-order valence-corrected chi connectivity index (χ3v) is 3.51. The van der Waals surface area contributed by atoms with E-state index in [4.69, 9.17) is 5.11 Å². The molecular formula is C16H24N2O3. The molecule has 0 radical (unpaired) electrons. The molecule has 2 N–H and O–H groups in total. The summed E-state index contributed by atoms with van der Waals surface area (Å²) >= 11 is 0. The molecule has 21 heavy (non-hydrogen) atoms. The monoisotopic (exact) mass is 292 g/mol. The van der Waals surface area contributed by atoms with E-state index in [0.717, 1.165) is 16.8 Å². The number of nitrogens with one attached hydrogen (secondary N) is 1. The van der Waals surface area contributed by atoms with Crippen LogP contribution in [0.15, 0.2) is 18.2 Å². The van der Waals surface area contributed by atoms with Crippen molar-refractivity contribution in [3.05, 3.63) is 29.3 Å². The van der Waals surface area contributed by atoms with Gasteiger partial charge in [0.2, 0.25) is 5.91 Å². The van der Waals surface area contributed by atoms with Crippen molar-refractivity contribution in [3.63, 3.8) is 0 Å². The first kappa shape index (κ1) is 17.2. The molecule has 5 nitrogen and oxygen atoms in total. The molecule has 0 heterocycles. The van der Waals surface area contributed by atoms with Crippen molar-refractivity contribution in [1.82, 2.24) is 4.90 Å². The molecule has 0 bridgehead atoms. The van der Waals surface area contributed by atoms with E-state index in [0.29, 0.717) is 13.1 Å². The van der Waals surface area contributed by atoms with Crippen LogP contribution in [-0.4, -0.2) is 41.5 Å². The average molecular weight is 292 g/mol. The molecule has 5 heteroatoms. The molecule has 116 valence electrons. The van der Waals surface area contributed by atoms with Crippen LogP contribution in [0.3, 0.4) is 0 Å². The number of aryl methyl sites for hydroxylation is 2. The number of hydrogen-bond donors (Lipinski definition) is 2. The van der Waals surface area contributed by atoms with Crippen molar-refractivity contribution in [2.24, 2.45) is 5.92 Å². The first-order chi connectivity index (χ1) is 9.85. The zero-order valence-electron chi connectivity index (χ0n) is 13.1. The molecule has 0 aliphatic rings. The number of benzene rings is 1. The van der Waals surface area contributed by atoms with Crippen molar-refractivity contribution in [2.45, 2.75) is 27.7 Å². The van der Waals surface area contributed by atoms with Crippen LogP contribution in [-0.2, 0) is 9.59 Å². The third-order valence-electron chi connectivity index (χ3n) is 3.51. The minimum atomic E-state index is -0.844. The lowest BCUT2D eigenvalue weighted by Gasteiger charge is -2.22. The molecule has 1 rings (SSSR count). The van der Waals surface area contributed by atoms with Gasteiger partial charge in [0, 0.05) is 12.2 Å². The van der Waals surface area contributed by atoms with Gasteiger partial charge in [-0.1, -0.05) is 32.0 Å². The molecule has 0 aliphatic heterocycles. The normalized spacial score (nSPS) is 12.2. The predicted octanol–water partition coefficient (Wildman–Crippen LogP) is 2.28. The summed E-state index contributed by atoms with van der Waals surface area (Å²) in [5, 5.41) is 11.9.